The molecule has 0 heterocycles. The van der Waals surface area contributed by atoms with Gasteiger partial charge < -0.3 is 14.2 Å². The number of hydrogen-bond acceptors (Lipinski definition) is 6. The number of esters is 3. The van der Waals surface area contributed by atoms with E-state index in [4.69, 9.17) is 14.2 Å². The molecule has 0 saturated heterocycles. The first-order valence-corrected chi connectivity index (χ1v) is 31.8. The summed E-state index contributed by atoms with van der Waals surface area (Å²) in [5.41, 5.74) is 0. The van der Waals surface area contributed by atoms with E-state index in [0.717, 1.165) is 64.2 Å². The minimum absolute atomic E-state index is 0.0689. The normalized spacial score (nSPS) is 12.1. The van der Waals surface area contributed by atoms with E-state index >= 15 is 0 Å². The largest absolute Gasteiger partial charge is 0.462 e. The molecule has 6 heteroatoms. The van der Waals surface area contributed by atoms with Crippen molar-refractivity contribution in [3.63, 3.8) is 0 Å². The maximum Gasteiger partial charge on any atom is 0.306 e. The smallest absolute Gasteiger partial charge is 0.306 e. The maximum absolute atomic E-state index is 12.9. The Morgan fingerprint density at radius 3 is 0.704 bits per heavy atom. The molecule has 0 N–H and O–H groups in total. The number of hydrogen-bond donors (Lipinski definition) is 0. The number of unbranched alkanes of at least 4 members (excludes halogenated alkanes) is 44. The van der Waals surface area contributed by atoms with Crippen LogP contribution in [0.25, 0.3) is 0 Å². The summed E-state index contributed by atoms with van der Waals surface area (Å²) in [4.78, 5) is 38.3. The van der Waals surface area contributed by atoms with Gasteiger partial charge in [-0.15, -0.1) is 0 Å². The highest BCUT2D eigenvalue weighted by Gasteiger charge is 2.19. The van der Waals surface area contributed by atoms with Crippen molar-refractivity contribution in [3.8, 4) is 0 Å². The monoisotopic (exact) mass is 999 g/mol. The maximum atomic E-state index is 12.9. The van der Waals surface area contributed by atoms with Gasteiger partial charge in [0, 0.05) is 19.3 Å². The zero-order chi connectivity index (χ0) is 51.4. The Kier molecular flexibility index (Phi) is 58.6. The molecule has 0 saturated carbocycles. The van der Waals surface area contributed by atoms with E-state index in [1.165, 1.54) is 250 Å². The zero-order valence-corrected chi connectivity index (χ0v) is 48.0. The average molecular weight is 1000 g/mol. The van der Waals surface area contributed by atoms with Crippen LogP contribution in [0.5, 0.6) is 0 Å². The molecular formula is C65H122O6. The average Bonchev–Trinajstić information content (AvgIpc) is 3.37. The van der Waals surface area contributed by atoms with Gasteiger partial charge in [0.05, 0.1) is 0 Å². The quantitative estimate of drug-likeness (QED) is 0.0261. The molecule has 0 bridgehead atoms. The number of allylic oxidation sites excluding steroid dienone is 4. The van der Waals surface area contributed by atoms with Crippen LogP contribution in [0.1, 0.15) is 355 Å². The van der Waals surface area contributed by atoms with Gasteiger partial charge in [-0.25, -0.2) is 0 Å². The van der Waals surface area contributed by atoms with E-state index < -0.39 is 6.10 Å². The van der Waals surface area contributed by atoms with Crippen LogP contribution in [0.4, 0.5) is 0 Å². The predicted octanol–water partition coefficient (Wildman–Crippen LogP) is 21.4. The number of carbonyl (C=O) groups is 3. The van der Waals surface area contributed by atoms with Crippen molar-refractivity contribution in [1.29, 1.82) is 0 Å². The van der Waals surface area contributed by atoms with Gasteiger partial charge in [0.25, 0.3) is 0 Å². The summed E-state index contributed by atoms with van der Waals surface area (Å²) in [6, 6.07) is 0. The fraction of sp³-hybridized carbons (Fsp3) is 0.892. The second-order valence-corrected chi connectivity index (χ2v) is 21.7. The van der Waals surface area contributed by atoms with E-state index in [1.807, 2.05) is 0 Å². The number of ether oxygens (including phenoxy) is 3. The second kappa shape index (κ2) is 60.4. The summed E-state index contributed by atoms with van der Waals surface area (Å²) in [6.45, 7) is 6.69. The molecule has 0 unspecified atom stereocenters. The Morgan fingerprint density at radius 2 is 0.465 bits per heavy atom. The van der Waals surface area contributed by atoms with Crippen LogP contribution >= 0.6 is 0 Å². The first kappa shape index (κ1) is 68.9. The minimum atomic E-state index is -0.772. The van der Waals surface area contributed by atoms with Gasteiger partial charge in [-0.05, 0) is 70.6 Å². The van der Waals surface area contributed by atoms with Crippen molar-refractivity contribution >= 4 is 17.9 Å². The summed E-state index contributed by atoms with van der Waals surface area (Å²) < 4.78 is 16.9. The Hall–Kier alpha value is -2.11. The zero-order valence-electron chi connectivity index (χ0n) is 48.0. The third-order valence-corrected chi connectivity index (χ3v) is 14.4. The Morgan fingerprint density at radius 1 is 0.268 bits per heavy atom. The van der Waals surface area contributed by atoms with Gasteiger partial charge in [0.2, 0.25) is 0 Å². The van der Waals surface area contributed by atoms with Crippen molar-refractivity contribution < 1.29 is 28.6 Å². The lowest BCUT2D eigenvalue weighted by atomic mass is 10.0. The Bertz CT molecular complexity index is 1150. The molecule has 0 rings (SSSR count). The summed E-state index contributed by atoms with van der Waals surface area (Å²) in [5, 5.41) is 0. The summed E-state index contributed by atoms with van der Waals surface area (Å²) in [7, 11) is 0. The van der Waals surface area contributed by atoms with Gasteiger partial charge in [-0.3, -0.25) is 14.4 Å². The van der Waals surface area contributed by atoms with Gasteiger partial charge >= 0.3 is 17.9 Å². The van der Waals surface area contributed by atoms with E-state index in [2.05, 4.69) is 45.1 Å². The van der Waals surface area contributed by atoms with Crippen molar-refractivity contribution in [2.75, 3.05) is 13.2 Å². The topological polar surface area (TPSA) is 78.9 Å². The molecular weight excluding hydrogens is 877 g/mol. The molecule has 0 fully saturated rings. The predicted molar refractivity (Wildman–Crippen MR) is 307 cm³/mol. The minimum Gasteiger partial charge on any atom is -0.462 e. The number of carbonyl (C=O) groups excluding carboxylic acids is 3. The van der Waals surface area contributed by atoms with E-state index in [0.29, 0.717) is 19.3 Å². The van der Waals surface area contributed by atoms with E-state index in [-0.39, 0.29) is 31.1 Å². The molecule has 1 atom stereocenters. The van der Waals surface area contributed by atoms with E-state index in [9.17, 15) is 14.4 Å². The van der Waals surface area contributed by atoms with Gasteiger partial charge in [-0.2, -0.15) is 0 Å². The standard InChI is InChI=1S/C65H122O6/c1-4-7-10-13-16-19-22-25-28-30-31-32-33-35-38-41-44-47-50-53-56-59-65(68)71-62(60-69-63(66)57-54-51-48-45-42-39-36-27-24-21-18-15-12-9-6-3)61-70-64(67)58-55-52-49-46-43-40-37-34-29-26-23-20-17-14-11-8-5-2/h25,27-28,36,62H,4-24,26,29-35,37-61H2,1-3H3/b28-25-,36-27-/t62-/m1/s1. The molecule has 6 nitrogen and oxygen atoms in total. The summed E-state index contributed by atoms with van der Waals surface area (Å²) >= 11 is 0. The SMILES string of the molecule is CCCCCCCC/C=C\CCCCCCCCCCCCCC(=O)O[C@H](COC(=O)CCCCCCC/C=C\CCCCCCCC)COC(=O)CCCCCCCCCCCCCCCCCCC. The van der Waals surface area contributed by atoms with Crippen LogP contribution in [0.3, 0.4) is 0 Å². The lowest BCUT2D eigenvalue weighted by molar-refractivity contribution is -0.167. The van der Waals surface area contributed by atoms with E-state index in [1.54, 1.807) is 0 Å². The van der Waals surface area contributed by atoms with Crippen molar-refractivity contribution in [2.45, 2.75) is 361 Å². The number of rotatable bonds is 59. The third-order valence-electron chi connectivity index (χ3n) is 14.4. The van der Waals surface area contributed by atoms with Crippen LogP contribution in [-0.4, -0.2) is 37.2 Å². The molecule has 0 aliphatic rings. The lowest BCUT2D eigenvalue weighted by Crippen LogP contribution is -2.30. The summed E-state index contributed by atoms with van der Waals surface area (Å²) in [6.07, 6.45) is 71.8. The molecule has 0 amide bonds. The highest BCUT2D eigenvalue weighted by molar-refractivity contribution is 5.71. The fourth-order valence-electron chi connectivity index (χ4n) is 9.61. The van der Waals surface area contributed by atoms with Crippen LogP contribution in [0.2, 0.25) is 0 Å². The molecule has 0 spiro atoms. The molecule has 71 heavy (non-hydrogen) atoms. The fourth-order valence-corrected chi connectivity index (χ4v) is 9.61. The van der Waals surface area contributed by atoms with Crippen LogP contribution in [0, 0.1) is 0 Å². The van der Waals surface area contributed by atoms with Gasteiger partial charge in [0.1, 0.15) is 13.2 Å². The highest BCUT2D eigenvalue weighted by Crippen LogP contribution is 2.17. The van der Waals surface area contributed by atoms with Crippen molar-refractivity contribution in [3.05, 3.63) is 24.3 Å². The molecule has 0 aromatic carbocycles. The van der Waals surface area contributed by atoms with Crippen molar-refractivity contribution in [1.82, 2.24) is 0 Å². The summed E-state index contributed by atoms with van der Waals surface area (Å²) in [5.74, 6) is -0.852. The van der Waals surface area contributed by atoms with Gasteiger partial charge in [0.15, 0.2) is 6.10 Å². The molecule has 0 aromatic rings. The van der Waals surface area contributed by atoms with Crippen molar-refractivity contribution in [2.24, 2.45) is 0 Å². The Labute approximate surface area is 443 Å². The molecule has 0 radical (unpaired) electrons. The first-order chi connectivity index (χ1) is 35.0. The van der Waals surface area contributed by atoms with Crippen LogP contribution < -0.4 is 0 Å². The molecule has 0 aliphatic heterocycles. The first-order valence-electron chi connectivity index (χ1n) is 31.8. The lowest BCUT2D eigenvalue weighted by Gasteiger charge is -2.18. The molecule has 0 aromatic heterocycles. The third kappa shape index (κ3) is 58.7. The molecule has 0 aliphatic carbocycles. The second-order valence-electron chi connectivity index (χ2n) is 21.7. The van der Waals surface area contributed by atoms with Gasteiger partial charge in [-0.1, -0.05) is 289 Å². The van der Waals surface area contributed by atoms with Crippen LogP contribution in [0.15, 0.2) is 24.3 Å². The highest BCUT2D eigenvalue weighted by atomic mass is 16.6. The van der Waals surface area contributed by atoms with Crippen LogP contribution in [-0.2, 0) is 28.6 Å². The molecule has 418 valence electrons. The Balaban J connectivity index is 4.31.